The molecule has 10 heteroatoms. The van der Waals surface area contributed by atoms with Gasteiger partial charge in [-0.15, -0.1) is 0 Å². The molecule has 1 amide bonds. The van der Waals surface area contributed by atoms with Crippen LogP contribution in [0.4, 0.5) is 0 Å². The van der Waals surface area contributed by atoms with E-state index in [0.29, 0.717) is 0 Å². The number of hydrogen-bond donors (Lipinski definition) is 5. The highest BCUT2D eigenvalue weighted by molar-refractivity contribution is 14.1. The van der Waals surface area contributed by atoms with E-state index in [1.165, 1.54) is 6.92 Å². The Morgan fingerprint density at radius 2 is 2.05 bits per heavy atom. The minimum Gasteiger partial charge on any atom is -0.477 e. The monoisotopic (exact) mass is 431 g/mol. The number of rotatable bonds is 5. The highest BCUT2D eigenvalue weighted by atomic mass is 127. The van der Waals surface area contributed by atoms with E-state index in [1.807, 2.05) is 0 Å². The Hall–Kier alpha value is -0.950. The predicted octanol–water partition coefficient (Wildman–Crippen LogP) is -2.22. The molecule has 0 aliphatic carbocycles. The summed E-state index contributed by atoms with van der Waals surface area (Å²) in [7, 11) is 1.11. The Balaban J connectivity index is 3.20. The SMILES string of the molecule is COC(=O)C1=C(I)[C@H](O)[C@@H](NC(C)=O)[C@H]([C@H](O)[C@H](O)CO)O1. The van der Waals surface area contributed by atoms with Crippen molar-refractivity contribution in [3.8, 4) is 0 Å². The molecule has 5 N–H and O–H groups in total. The molecule has 1 aliphatic rings. The lowest BCUT2D eigenvalue weighted by Crippen LogP contribution is -2.60. The van der Waals surface area contributed by atoms with Crippen molar-refractivity contribution in [1.29, 1.82) is 0 Å². The zero-order valence-corrected chi connectivity index (χ0v) is 14.1. The first-order chi connectivity index (χ1) is 10.2. The van der Waals surface area contributed by atoms with E-state index in [1.54, 1.807) is 22.6 Å². The summed E-state index contributed by atoms with van der Waals surface area (Å²) < 4.78 is 9.93. The van der Waals surface area contributed by atoms with Crippen molar-refractivity contribution in [2.45, 2.75) is 37.4 Å². The van der Waals surface area contributed by atoms with E-state index in [2.05, 4.69) is 10.1 Å². The number of hydrogen-bond acceptors (Lipinski definition) is 8. The van der Waals surface area contributed by atoms with E-state index in [-0.39, 0.29) is 9.34 Å². The van der Waals surface area contributed by atoms with Crippen molar-refractivity contribution in [3.63, 3.8) is 0 Å². The summed E-state index contributed by atoms with van der Waals surface area (Å²) >= 11 is 1.66. The Morgan fingerprint density at radius 3 is 2.50 bits per heavy atom. The molecule has 1 rings (SSSR count). The topological polar surface area (TPSA) is 146 Å². The molecule has 0 fully saturated rings. The molecule has 0 saturated heterocycles. The average Bonchev–Trinajstić information content (AvgIpc) is 2.49. The van der Waals surface area contributed by atoms with Gasteiger partial charge >= 0.3 is 5.97 Å². The zero-order chi connectivity index (χ0) is 17.0. The number of amides is 1. The van der Waals surface area contributed by atoms with Crippen LogP contribution >= 0.6 is 22.6 Å². The molecule has 0 aromatic carbocycles. The Morgan fingerprint density at radius 1 is 1.45 bits per heavy atom. The minimum absolute atomic E-state index is 0.0881. The van der Waals surface area contributed by atoms with Gasteiger partial charge in [-0.2, -0.15) is 0 Å². The molecule has 9 nitrogen and oxygen atoms in total. The summed E-state index contributed by atoms with van der Waals surface area (Å²) in [5.74, 6) is -1.71. The number of aliphatic hydroxyl groups is 4. The molecule has 126 valence electrons. The Labute approximate surface area is 140 Å². The van der Waals surface area contributed by atoms with Crippen LogP contribution in [-0.2, 0) is 19.1 Å². The standard InChI is InChI=1S/C12H18INO8/c1-4(16)14-7-9(19)6(13)10(12(20)21-2)22-11(7)8(18)5(17)3-15/h5,7-9,11,15,17-19H,3H2,1-2H3,(H,14,16)/t5-,7-,8-,9+,11-/m1/s1. The van der Waals surface area contributed by atoms with Gasteiger partial charge in [0.15, 0.2) is 6.10 Å². The summed E-state index contributed by atoms with van der Waals surface area (Å²) in [6.45, 7) is 0.434. The second-order valence-electron chi connectivity index (χ2n) is 4.66. The molecule has 0 aromatic rings. The van der Waals surface area contributed by atoms with Gasteiger partial charge in [-0.1, -0.05) is 0 Å². The maximum Gasteiger partial charge on any atom is 0.374 e. The highest BCUT2D eigenvalue weighted by Gasteiger charge is 2.46. The van der Waals surface area contributed by atoms with E-state index in [0.717, 1.165) is 7.11 Å². The summed E-state index contributed by atoms with van der Waals surface area (Å²) in [6.07, 6.45) is -5.93. The van der Waals surface area contributed by atoms with E-state index < -0.39 is 48.9 Å². The van der Waals surface area contributed by atoms with Crippen LogP contribution in [0.5, 0.6) is 0 Å². The number of esters is 1. The lowest BCUT2D eigenvalue weighted by Gasteiger charge is -2.39. The molecule has 1 aliphatic heterocycles. The number of halogens is 1. The van der Waals surface area contributed by atoms with Crippen LogP contribution < -0.4 is 5.32 Å². The molecule has 0 bridgehead atoms. The number of ether oxygens (including phenoxy) is 2. The molecule has 0 saturated carbocycles. The fourth-order valence-corrected chi connectivity index (χ4v) is 2.72. The predicted molar refractivity (Wildman–Crippen MR) is 80.6 cm³/mol. The van der Waals surface area contributed by atoms with Gasteiger partial charge in [0.05, 0.1) is 23.3 Å². The molecular formula is C12H18INO8. The van der Waals surface area contributed by atoms with Gasteiger partial charge in [-0.05, 0) is 22.6 Å². The maximum atomic E-state index is 11.7. The van der Waals surface area contributed by atoms with Crippen molar-refractivity contribution >= 4 is 34.5 Å². The average molecular weight is 431 g/mol. The van der Waals surface area contributed by atoms with Crippen LogP contribution in [-0.4, -0.2) is 76.5 Å². The van der Waals surface area contributed by atoms with Crippen molar-refractivity contribution in [1.82, 2.24) is 5.32 Å². The molecular weight excluding hydrogens is 413 g/mol. The van der Waals surface area contributed by atoms with E-state index >= 15 is 0 Å². The third kappa shape index (κ3) is 4.07. The third-order valence-corrected chi connectivity index (χ3v) is 4.21. The maximum absolute atomic E-state index is 11.7. The summed E-state index contributed by atoms with van der Waals surface area (Å²) in [4.78, 5) is 22.9. The first kappa shape index (κ1) is 19.1. The first-order valence-electron chi connectivity index (χ1n) is 6.31. The van der Waals surface area contributed by atoms with Crippen LogP contribution in [0, 0.1) is 0 Å². The lowest BCUT2D eigenvalue weighted by molar-refractivity contribution is -0.152. The van der Waals surface area contributed by atoms with E-state index in [9.17, 15) is 24.9 Å². The summed E-state index contributed by atoms with van der Waals surface area (Å²) in [5, 5.41) is 41.1. The second kappa shape index (κ2) is 8.06. The number of carbonyl (C=O) groups excluding carboxylic acids is 2. The largest absolute Gasteiger partial charge is 0.477 e. The highest BCUT2D eigenvalue weighted by Crippen LogP contribution is 2.32. The number of aliphatic hydroxyl groups excluding tert-OH is 4. The van der Waals surface area contributed by atoms with Gasteiger partial charge in [-0.25, -0.2) is 4.79 Å². The van der Waals surface area contributed by atoms with Gasteiger partial charge in [0.1, 0.15) is 18.3 Å². The molecule has 5 atom stereocenters. The second-order valence-corrected chi connectivity index (χ2v) is 5.82. The molecule has 0 spiro atoms. The van der Waals surface area contributed by atoms with Crippen LogP contribution in [0.25, 0.3) is 0 Å². The third-order valence-electron chi connectivity index (χ3n) is 3.08. The zero-order valence-electron chi connectivity index (χ0n) is 11.9. The Bertz CT molecular complexity index is 468. The van der Waals surface area contributed by atoms with Gasteiger partial charge in [0.2, 0.25) is 11.7 Å². The van der Waals surface area contributed by atoms with Crippen molar-refractivity contribution in [2.75, 3.05) is 13.7 Å². The molecule has 0 aromatic heterocycles. The van der Waals surface area contributed by atoms with E-state index in [4.69, 9.17) is 9.84 Å². The number of methoxy groups -OCH3 is 1. The molecule has 0 radical (unpaired) electrons. The fourth-order valence-electron chi connectivity index (χ4n) is 1.98. The van der Waals surface area contributed by atoms with Crippen LogP contribution in [0.1, 0.15) is 6.92 Å². The Kier molecular flexibility index (Phi) is 6.99. The van der Waals surface area contributed by atoms with Crippen LogP contribution in [0.15, 0.2) is 9.34 Å². The van der Waals surface area contributed by atoms with Gasteiger partial charge < -0.3 is 35.2 Å². The van der Waals surface area contributed by atoms with Crippen LogP contribution in [0.2, 0.25) is 0 Å². The molecule has 1 heterocycles. The fraction of sp³-hybridized carbons (Fsp3) is 0.667. The summed E-state index contributed by atoms with van der Waals surface area (Å²) in [5.41, 5.74) is 0. The minimum atomic E-state index is -1.65. The van der Waals surface area contributed by atoms with Gasteiger partial charge in [0.25, 0.3) is 0 Å². The first-order valence-corrected chi connectivity index (χ1v) is 7.39. The van der Waals surface area contributed by atoms with Crippen molar-refractivity contribution in [3.05, 3.63) is 9.34 Å². The van der Waals surface area contributed by atoms with Gasteiger partial charge in [-0.3, -0.25) is 4.79 Å². The van der Waals surface area contributed by atoms with Crippen molar-refractivity contribution in [2.24, 2.45) is 0 Å². The van der Waals surface area contributed by atoms with Crippen molar-refractivity contribution < 1.29 is 39.5 Å². The molecule has 22 heavy (non-hydrogen) atoms. The van der Waals surface area contributed by atoms with Gasteiger partial charge in [0, 0.05) is 6.92 Å². The lowest BCUT2D eigenvalue weighted by atomic mass is 9.94. The van der Waals surface area contributed by atoms with Crippen LogP contribution in [0.3, 0.4) is 0 Å². The summed E-state index contributed by atoms with van der Waals surface area (Å²) in [6, 6.07) is -1.12. The quantitative estimate of drug-likeness (QED) is 0.243. The number of carbonyl (C=O) groups is 2. The number of nitrogens with one attached hydrogen (secondary N) is 1. The molecule has 0 unspecified atom stereocenters. The smallest absolute Gasteiger partial charge is 0.374 e. The normalized spacial score (nSPS) is 27.7.